The molecule has 0 heterocycles. The van der Waals surface area contributed by atoms with Gasteiger partial charge in [0.25, 0.3) is 0 Å². The molecule has 2 aromatic rings. The Morgan fingerprint density at radius 2 is 1.70 bits per heavy atom. The van der Waals surface area contributed by atoms with Gasteiger partial charge in [-0.25, -0.2) is 8.42 Å². The van der Waals surface area contributed by atoms with Gasteiger partial charge in [0.05, 0.1) is 11.9 Å². The fourth-order valence-electron chi connectivity index (χ4n) is 4.18. The number of hydrogen-bond donors (Lipinski definition) is 1. The maximum Gasteiger partial charge on any atom is 0.243 e. The van der Waals surface area contributed by atoms with Crippen LogP contribution in [-0.4, -0.2) is 56.1 Å². The summed E-state index contributed by atoms with van der Waals surface area (Å²) in [5.41, 5.74) is 1.92. The minimum absolute atomic E-state index is 0.111. The van der Waals surface area contributed by atoms with Crippen molar-refractivity contribution >= 4 is 39.1 Å². The number of anilines is 1. The summed E-state index contributed by atoms with van der Waals surface area (Å²) < 4.78 is 26.4. The molecule has 0 radical (unpaired) electrons. The van der Waals surface area contributed by atoms with Gasteiger partial charge in [0, 0.05) is 30.1 Å². The second kappa shape index (κ2) is 13.3. The molecule has 0 aromatic heterocycles. The number of hydrogen-bond acceptors (Lipinski definition) is 4. The first-order valence-corrected chi connectivity index (χ1v) is 14.8. The number of sulfonamides is 1. The van der Waals surface area contributed by atoms with Crippen molar-refractivity contribution in [2.75, 3.05) is 23.7 Å². The van der Waals surface area contributed by atoms with Crippen LogP contribution in [0.5, 0.6) is 0 Å². The predicted octanol–water partition coefficient (Wildman–Crippen LogP) is 4.96. The van der Waals surface area contributed by atoms with Crippen molar-refractivity contribution in [3.8, 4) is 0 Å². The molecular formula is C28H40ClN3O4S. The molecule has 0 aliphatic rings. The molecule has 2 aromatic carbocycles. The third-order valence-corrected chi connectivity index (χ3v) is 7.38. The molecule has 7 nitrogen and oxygen atoms in total. The van der Waals surface area contributed by atoms with E-state index in [0.29, 0.717) is 36.5 Å². The third kappa shape index (κ3) is 9.67. The summed E-state index contributed by atoms with van der Waals surface area (Å²) >= 11 is 6.13. The van der Waals surface area contributed by atoms with Gasteiger partial charge in [0.2, 0.25) is 21.8 Å². The second-order valence-electron chi connectivity index (χ2n) is 10.4. The molecule has 0 fully saturated rings. The molecule has 0 bridgehead atoms. The molecule has 0 saturated carbocycles. The highest BCUT2D eigenvalue weighted by molar-refractivity contribution is 7.92. The molecule has 9 heteroatoms. The molecule has 1 atom stereocenters. The summed E-state index contributed by atoms with van der Waals surface area (Å²) in [5, 5.41) is 3.44. The van der Waals surface area contributed by atoms with Crippen molar-refractivity contribution in [3.63, 3.8) is 0 Å². The van der Waals surface area contributed by atoms with Crippen molar-refractivity contribution in [2.45, 2.75) is 71.9 Å². The monoisotopic (exact) mass is 549 g/mol. The first-order chi connectivity index (χ1) is 17.2. The fourth-order valence-corrected chi connectivity index (χ4v) is 5.36. The molecule has 0 unspecified atom stereocenters. The molecule has 2 rings (SSSR count). The SMILES string of the molecule is CC[C@H](C(=O)NC(C)(C)C)N(CCc1ccccc1)C(=O)CCCN(c1cc(Cl)ccc1C)S(C)(=O)=O. The standard InChI is InChI=1S/C28H40ClN3O4S/c1-7-24(27(34)30-28(3,4)5)31(19-17-22-12-9-8-10-13-22)26(33)14-11-18-32(37(6,35)36)25-20-23(29)16-15-21(25)2/h8-10,12-13,15-16,20,24H,7,11,14,17-19H2,1-6H3,(H,30,34)/t24-/m1/s1. The largest absolute Gasteiger partial charge is 0.350 e. The number of nitrogens with one attached hydrogen (secondary N) is 1. The van der Waals surface area contributed by atoms with Crippen LogP contribution in [0.15, 0.2) is 48.5 Å². The number of carbonyl (C=O) groups is 2. The Kier molecular flexibility index (Phi) is 11.0. The maximum atomic E-state index is 13.5. The van der Waals surface area contributed by atoms with Crippen LogP contribution in [0.25, 0.3) is 0 Å². The average molecular weight is 550 g/mol. The van der Waals surface area contributed by atoms with Crippen LogP contribution in [0.1, 0.15) is 58.1 Å². The molecule has 0 aliphatic heterocycles. The Bertz CT molecular complexity index is 1160. The molecule has 0 aliphatic carbocycles. The summed E-state index contributed by atoms with van der Waals surface area (Å²) in [6.07, 6.45) is 2.64. The van der Waals surface area contributed by atoms with Gasteiger partial charge in [-0.05, 0) is 70.2 Å². The second-order valence-corrected chi connectivity index (χ2v) is 12.7. The van der Waals surface area contributed by atoms with Crippen LogP contribution in [0.4, 0.5) is 5.69 Å². The minimum Gasteiger partial charge on any atom is -0.350 e. The highest BCUT2D eigenvalue weighted by atomic mass is 35.5. The first kappa shape index (κ1) is 30.6. The van der Waals surface area contributed by atoms with Gasteiger partial charge in [-0.3, -0.25) is 13.9 Å². The van der Waals surface area contributed by atoms with E-state index in [2.05, 4.69) is 5.32 Å². The van der Waals surface area contributed by atoms with Crippen LogP contribution < -0.4 is 9.62 Å². The van der Waals surface area contributed by atoms with E-state index in [1.165, 1.54) is 4.31 Å². The van der Waals surface area contributed by atoms with E-state index in [-0.39, 0.29) is 24.8 Å². The van der Waals surface area contributed by atoms with Gasteiger partial charge >= 0.3 is 0 Å². The van der Waals surface area contributed by atoms with E-state index in [0.717, 1.165) is 17.4 Å². The number of rotatable bonds is 12. The van der Waals surface area contributed by atoms with Crippen LogP contribution in [0.2, 0.25) is 5.02 Å². The van der Waals surface area contributed by atoms with Crippen LogP contribution in [-0.2, 0) is 26.0 Å². The molecule has 1 N–H and O–H groups in total. The van der Waals surface area contributed by atoms with Crippen molar-refractivity contribution in [2.24, 2.45) is 0 Å². The van der Waals surface area contributed by atoms with E-state index in [1.54, 1.807) is 23.1 Å². The Labute approximate surface area is 227 Å². The summed E-state index contributed by atoms with van der Waals surface area (Å²) in [4.78, 5) is 28.2. The summed E-state index contributed by atoms with van der Waals surface area (Å²) in [6.45, 7) is 9.95. The lowest BCUT2D eigenvalue weighted by Crippen LogP contribution is -2.54. The maximum absolute atomic E-state index is 13.5. The van der Waals surface area contributed by atoms with Gasteiger partial charge in [-0.2, -0.15) is 0 Å². The Balaban J connectivity index is 2.21. The topological polar surface area (TPSA) is 86.8 Å². The van der Waals surface area contributed by atoms with Crippen LogP contribution in [0, 0.1) is 6.92 Å². The van der Waals surface area contributed by atoms with E-state index in [1.807, 2.05) is 65.0 Å². The lowest BCUT2D eigenvalue weighted by atomic mass is 10.0. The van der Waals surface area contributed by atoms with Gasteiger partial charge in [-0.1, -0.05) is 54.9 Å². The average Bonchev–Trinajstić information content (AvgIpc) is 2.79. The Hall–Kier alpha value is -2.58. The zero-order valence-corrected chi connectivity index (χ0v) is 24.3. The zero-order chi connectivity index (χ0) is 27.8. The smallest absolute Gasteiger partial charge is 0.243 e. The molecule has 2 amide bonds. The first-order valence-electron chi connectivity index (χ1n) is 12.6. The summed E-state index contributed by atoms with van der Waals surface area (Å²) in [5.74, 6) is -0.369. The van der Waals surface area contributed by atoms with Gasteiger partial charge in [0.1, 0.15) is 6.04 Å². The van der Waals surface area contributed by atoms with E-state index in [9.17, 15) is 18.0 Å². The van der Waals surface area contributed by atoms with E-state index < -0.39 is 21.6 Å². The number of halogens is 1. The minimum atomic E-state index is -3.59. The normalized spacial score (nSPS) is 12.6. The van der Waals surface area contributed by atoms with Crippen molar-refractivity contribution in [1.82, 2.24) is 10.2 Å². The fraction of sp³-hybridized carbons (Fsp3) is 0.500. The lowest BCUT2D eigenvalue weighted by molar-refractivity contribution is -0.141. The quantitative estimate of drug-likeness (QED) is 0.405. The highest BCUT2D eigenvalue weighted by Gasteiger charge is 2.30. The van der Waals surface area contributed by atoms with Crippen LogP contribution >= 0.6 is 11.6 Å². The molecule has 204 valence electrons. The van der Waals surface area contributed by atoms with Crippen molar-refractivity contribution < 1.29 is 18.0 Å². The summed E-state index contributed by atoms with van der Waals surface area (Å²) in [7, 11) is -3.59. The van der Waals surface area contributed by atoms with Crippen molar-refractivity contribution in [3.05, 3.63) is 64.7 Å². The molecule has 0 saturated heterocycles. The zero-order valence-electron chi connectivity index (χ0n) is 22.8. The molecular weight excluding hydrogens is 510 g/mol. The van der Waals surface area contributed by atoms with Gasteiger partial charge in [-0.15, -0.1) is 0 Å². The van der Waals surface area contributed by atoms with Gasteiger partial charge in [0.15, 0.2) is 0 Å². The Morgan fingerprint density at radius 1 is 1.05 bits per heavy atom. The molecule has 37 heavy (non-hydrogen) atoms. The third-order valence-electron chi connectivity index (χ3n) is 5.96. The highest BCUT2D eigenvalue weighted by Crippen LogP contribution is 2.27. The number of benzene rings is 2. The van der Waals surface area contributed by atoms with Crippen LogP contribution in [0.3, 0.4) is 0 Å². The predicted molar refractivity (Wildman–Crippen MR) is 151 cm³/mol. The molecule has 0 spiro atoms. The number of aryl methyl sites for hydroxylation is 1. The van der Waals surface area contributed by atoms with E-state index in [4.69, 9.17) is 11.6 Å². The number of carbonyl (C=O) groups excluding carboxylic acids is 2. The number of nitrogens with zero attached hydrogens (tertiary/aromatic N) is 2. The van der Waals surface area contributed by atoms with Crippen molar-refractivity contribution in [1.29, 1.82) is 0 Å². The number of amides is 2. The lowest BCUT2D eigenvalue weighted by Gasteiger charge is -2.33. The van der Waals surface area contributed by atoms with Gasteiger partial charge < -0.3 is 10.2 Å². The van der Waals surface area contributed by atoms with E-state index >= 15 is 0 Å². The Morgan fingerprint density at radius 3 is 2.27 bits per heavy atom. The summed E-state index contributed by atoms with van der Waals surface area (Å²) in [6, 6.07) is 14.3.